The fourth-order valence-electron chi connectivity index (χ4n) is 2.75. The highest BCUT2D eigenvalue weighted by Gasteiger charge is 2.34. The number of aliphatic carboxylic acids is 1. The Morgan fingerprint density at radius 3 is 2.68 bits per heavy atom. The first-order valence-corrected chi connectivity index (χ1v) is 7.58. The third-order valence-electron chi connectivity index (χ3n) is 3.99. The van der Waals surface area contributed by atoms with Crippen LogP contribution in [0, 0.1) is 6.92 Å². The summed E-state index contributed by atoms with van der Waals surface area (Å²) in [5, 5.41) is 14.6. The van der Waals surface area contributed by atoms with Crippen molar-refractivity contribution in [3.05, 3.63) is 29.8 Å². The SMILES string of the molecule is CCN(CC(=O)O)C1CC(NC(=O)Nc2cccc(C)c2)C1. The first-order chi connectivity index (χ1) is 10.5. The zero-order chi connectivity index (χ0) is 16.1. The Balaban J connectivity index is 1.75. The monoisotopic (exact) mass is 305 g/mol. The van der Waals surface area contributed by atoms with Gasteiger partial charge in [0.05, 0.1) is 6.54 Å². The van der Waals surface area contributed by atoms with Crippen LogP contribution in [0.1, 0.15) is 25.3 Å². The molecule has 0 spiro atoms. The number of nitrogens with one attached hydrogen (secondary N) is 2. The van der Waals surface area contributed by atoms with Crippen LogP contribution in [0.4, 0.5) is 10.5 Å². The number of rotatable bonds is 6. The molecule has 3 N–H and O–H groups in total. The molecule has 1 aromatic rings. The number of amides is 2. The molecular formula is C16H23N3O3. The Kier molecular flexibility index (Phi) is 5.38. The molecule has 1 saturated carbocycles. The van der Waals surface area contributed by atoms with E-state index in [1.165, 1.54) is 0 Å². The number of nitrogens with zero attached hydrogens (tertiary/aromatic N) is 1. The van der Waals surface area contributed by atoms with E-state index < -0.39 is 5.97 Å². The average molecular weight is 305 g/mol. The second-order valence-electron chi connectivity index (χ2n) is 5.75. The van der Waals surface area contributed by atoms with Gasteiger partial charge in [0.2, 0.25) is 0 Å². The van der Waals surface area contributed by atoms with Gasteiger partial charge in [0.25, 0.3) is 0 Å². The molecule has 0 atom stereocenters. The van der Waals surface area contributed by atoms with E-state index in [4.69, 9.17) is 5.11 Å². The van der Waals surface area contributed by atoms with Crippen molar-refractivity contribution >= 4 is 17.7 Å². The number of carboxylic acids is 1. The smallest absolute Gasteiger partial charge is 0.319 e. The number of hydrogen-bond donors (Lipinski definition) is 3. The minimum Gasteiger partial charge on any atom is -0.480 e. The highest BCUT2D eigenvalue weighted by atomic mass is 16.4. The highest BCUT2D eigenvalue weighted by molar-refractivity contribution is 5.89. The predicted molar refractivity (Wildman–Crippen MR) is 85.0 cm³/mol. The molecule has 2 rings (SSSR count). The molecule has 1 aromatic carbocycles. The quantitative estimate of drug-likeness (QED) is 0.751. The van der Waals surface area contributed by atoms with E-state index in [2.05, 4.69) is 10.6 Å². The number of carbonyl (C=O) groups excluding carboxylic acids is 1. The van der Waals surface area contributed by atoms with Crippen LogP contribution in [0.2, 0.25) is 0 Å². The van der Waals surface area contributed by atoms with Gasteiger partial charge in [-0.05, 0) is 44.0 Å². The minimum absolute atomic E-state index is 0.0589. The Labute approximate surface area is 130 Å². The van der Waals surface area contributed by atoms with Crippen LogP contribution in [0.5, 0.6) is 0 Å². The molecule has 0 saturated heterocycles. The topological polar surface area (TPSA) is 81.7 Å². The van der Waals surface area contributed by atoms with Crippen LogP contribution >= 0.6 is 0 Å². The van der Waals surface area contributed by atoms with E-state index in [-0.39, 0.29) is 24.7 Å². The molecule has 6 nitrogen and oxygen atoms in total. The lowest BCUT2D eigenvalue weighted by Gasteiger charge is -2.42. The standard InChI is InChI=1S/C16H23N3O3/c1-3-19(10-15(20)21)14-8-13(9-14)18-16(22)17-12-6-4-5-11(2)7-12/h4-7,13-14H,3,8-10H2,1-2H3,(H,20,21)(H2,17,18,22). The molecule has 0 radical (unpaired) electrons. The van der Waals surface area contributed by atoms with Crippen molar-refractivity contribution in [1.82, 2.24) is 10.2 Å². The number of hydrogen-bond acceptors (Lipinski definition) is 3. The summed E-state index contributed by atoms with van der Waals surface area (Å²) in [6.45, 7) is 4.69. The molecule has 0 aliphatic heterocycles. The summed E-state index contributed by atoms with van der Waals surface area (Å²) in [5.74, 6) is -0.810. The molecule has 1 fully saturated rings. The van der Waals surface area contributed by atoms with Gasteiger partial charge in [0.1, 0.15) is 0 Å². The van der Waals surface area contributed by atoms with Crippen molar-refractivity contribution in [3.8, 4) is 0 Å². The molecule has 0 bridgehead atoms. The summed E-state index contributed by atoms with van der Waals surface area (Å²) in [4.78, 5) is 24.6. The van der Waals surface area contributed by atoms with E-state index in [0.29, 0.717) is 6.54 Å². The van der Waals surface area contributed by atoms with E-state index in [0.717, 1.165) is 24.1 Å². The maximum Gasteiger partial charge on any atom is 0.319 e. The van der Waals surface area contributed by atoms with Crippen molar-refractivity contribution in [2.45, 2.75) is 38.8 Å². The number of urea groups is 1. The number of carboxylic acid groups (broad SMARTS) is 1. The summed E-state index contributed by atoms with van der Waals surface area (Å²) in [5.41, 5.74) is 1.86. The summed E-state index contributed by atoms with van der Waals surface area (Å²) in [6.07, 6.45) is 1.59. The second kappa shape index (κ2) is 7.26. The van der Waals surface area contributed by atoms with Gasteiger partial charge in [-0.2, -0.15) is 0 Å². The first kappa shape index (κ1) is 16.3. The molecule has 1 aliphatic carbocycles. The number of anilines is 1. The van der Waals surface area contributed by atoms with Crippen LogP contribution in [0.3, 0.4) is 0 Å². The molecule has 0 aromatic heterocycles. The first-order valence-electron chi connectivity index (χ1n) is 7.58. The summed E-state index contributed by atoms with van der Waals surface area (Å²) in [7, 11) is 0. The maximum absolute atomic E-state index is 11.9. The van der Waals surface area contributed by atoms with E-state index in [1.807, 2.05) is 43.0 Å². The third-order valence-corrected chi connectivity index (χ3v) is 3.99. The Morgan fingerprint density at radius 2 is 2.09 bits per heavy atom. The van der Waals surface area contributed by atoms with Gasteiger partial charge in [-0.15, -0.1) is 0 Å². The number of benzene rings is 1. The zero-order valence-electron chi connectivity index (χ0n) is 13.0. The molecular weight excluding hydrogens is 282 g/mol. The van der Waals surface area contributed by atoms with Gasteiger partial charge in [-0.3, -0.25) is 9.69 Å². The van der Waals surface area contributed by atoms with Gasteiger partial charge in [0, 0.05) is 17.8 Å². The second-order valence-corrected chi connectivity index (χ2v) is 5.75. The summed E-state index contributed by atoms with van der Waals surface area (Å²) >= 11 is 0. The van der Waals surface area contributed by atoms with Gasteiger partial charge >= 0.3 is 12.0 Å². The molecule has 0 unspecified atom stereocenters. The third kappa shape index (κ3) is 4.46. The Bertz CT molecular complexity index is 541. The van der Waals surface area contributed by atoms with Crippen molar-refractivity contribution in [3.63, 3.8) is 0 Å². The van der Waals surface area contributed by atoms with Crippen LogP contribution in [0.25, 0.3) is 0 Å². The Morgan fingerprint density at radius 1 is 1.36 bits per heavy atom. The summed E-state index contributed by atoms with van der Waals surface area (Å²) in [6, 6.07) is 7.77. The van der Waals surface area contributed by atoms with Crippen molar-refractivity contribution in [1.29, 1.82) is 0 Å². The molecule has 1 aliphatic rings. The van der Waals surface area contributed by atoms with Crippen LogP contribution < -0.4 is 10.6 Å². The summed E-state index contributed by atoms with van der Waals surface area (Å²) < 4.78 is 0. The van der Waals surface area contributed by atoms with Gasteiger partial charge in [0.15, 0.2) is 0 Å². The molecule has 0 heterocycles. The molecule has 120 valence electrons. The molecule has 22 heavy (non-hydrogen) atoms. The number of carbonyl (C=O) groups is 2. The van der Waals surface area contributed by atoms with Crippen molar-refractivity contribution in [2.75, 3.05) is 18.4 Å². The fraction of sp³-hybridized carbons (Fsp3) is 0.500. The average Bonchev–Trinajstić information content (AvgIpc) is 2.40. The van der Waals surface area contributed by atoms with Crippen molar-refractivity contribution < 1.29 is 14.7 Å². The van der Waals surface area contributed by atoms with Gasteiger partial charge < -0.3 is 15.7 Å². The predicted octanol–water partition coefficient (Wildman–Crippen LogP) is 2.05. The van der Waals surface area contributed by atoms with E-state index in [1.54, 1.807) is 0 Å². The normalized spacial score (nSPS) is 20.3. The fourth-order valence-corrected chi connectivity index (χ4v) is 2.75. The van der Waals surface area contributed by atoms with Crippen LogP contribution in [0.15, 0.2) is 24.3 Å². The largest absolute Gasteiger partial charge is 0.480 e. The Hall–Kier alpha value is -2.08. The maximum atomic E-state index is 11.9. The van der Waals surface area contributed by atoms with Crippen molar-refractivity contribution in [2.24, 2.45) is 0 Å². The van der Waals surface area contributed by atoms with E-state index in [9.17, 15) is 9.59 Å². The van der Waals surface area contributed by atoms with Gasteiger partial charge in [-0.25, -0.2) is 4.79 Å². The van der Waals surface area contributed by atoms with Gasteiger partial charge in [-0.1, -0.05) is 19.1 Å². The van der Waals surface area contributed by atoms with E-state index >= 15 is 0 Å². The zero-order valence-corrected chi connectivity index (χ0v) is 13.0. The number of aryl methyl sites for hydroxylation is 1. The lowest BCUT2D eigenvalue weighted by atomic mass is 9.85. The minimum atomic E-state index is -0.810. The molecule has 2 amide bonds. The molecule has 6 heteroatoms. The van der Waals surface area contributed by atoms with Crippen LogP contribution in [-0.2, 0) is 4.79 Å². The lowest BCUT2D eigenvalue weighted by Crippen LogP contribution is -2.55. The van der Waals surface area contributed by atoms with Crippen LogP contribution in [-0.4, -0.2) is 47.2 Å². The highest BCUT2D eigenvalue weighted by Crippen LogP contribution is 2.25. The number of likely N-dealkylation sites (N-methyl/N-ethyl adjacent to an activating group) is 1. The lowest BCUT2D eigenvalue weighted by molar-refractivity contribution is -0.139.